The van der Waals surface area contributed by atoms with E-state index in [0.717, 1.165) is 18.3 Å². The van der Waals surface area contributed by atoms with Gasteiger partial charge in [-0.05, 0) is 24.8 Å². The summed E-state index contributed by atoms with van der Waals surface area (Å²) in [6.45, 7) is 0.974. The van der Waals surface area contributed by atoms with E-state index >= 15 is 0 Å². The Balaban J connectivity index is 2.13. The molecule has 1 saturated carbocycles. The molecule has 0 saturated heterocycles. The summed E-state index contributed by atoms with van der Waals surface area (Å²) in [5.74, 6) is 1.46. The van der Waals surface area contributed by atoms with Crippen LogP contribution in [0.15, 0.2) is 12.3 Å². The molecule has 0 aromatic carbocycles. The molecule has 1 aromatic heterocycles. The zero-order valence-corrected chi connectivity index (χ0v) is 10.7. The highest BCUT2D eigenvalue weighted by atomic mass is 35.5. The number of anilines is 1. The average Bonchev–Trinajstić information content (AvgIpc) is 2.82. The predicted molar refractivity (Wildman–Crippen MR) is 69.2 cm³/mol. The normalized spacial score (nSPS) is 15.8. The molecule has 0 spiro atoms. The Morgan fingerprint density at radius 2 is 2.24 bits per heavy atom. The van der Waals surface area contributed by atoms with Crippen LogP contribution in [0.3, 0.4) is 0 Å². The van der Waals surface area contributed by atoms with E-state index in [-0.39, 0.29) is 0 Å². The molecule has 0 unspecified atom stereocenters. The van der Waals surface area contributed by atoms with Crippen molar-refractivity contribution in [3.05, 3.63) is 22.8 Å². The van der Waals surface area contributed by atoms with Crippen molar-refractivity contribution in [2.75, 3.05) is 18.5 Å². The van der Waals surface area contributed by atoms with E-state index in [1.54, 1.807) is 12.3 Å². The highest BCUT2D eigenvalue weighted by Crippen LogP contribution is 2.30. The molecular formula is C13H16ClN3. The molecule has 0 amide bonds. The molecule has 0 N–H and O–H groups in total. The smallest absolute Gasteiger partial charge is 0.148 e. The monoisotopic (exact) mass is 249 g/mol. The summed E-state index contributed by atoms with van der Waals surface area (Å²) in [5.41, 5.74) is 0.495. The van der Waals surface area contributed by atoms with Crippen molar-refractivity contribution in [3.63, 3.8) is 0 Å². The molecule has 3 nitrogen and oxygen atoms in total. The van der Waals surface area contributed by atoms with Gasteiger partial charge in [0.25, 0.3) is 0 Å². The quantitative estimate of drug-likeness (QED) is 0.826. The Hall–Kier alpha value is -1.27. The topological polar surface area (TPSA) is 39.9 Å². The fraction of sp³-hybridized carbons (Fsp3) is 0.538. The van der Waals surface area contributed by atoms with Crippen LogP contribution in [-0.2, 0) is 0 Å². The molecule has 1 aromatic rings. The second-order valence-corrected chi connectivity index (χ2v) is 5.02. The molecule has 0 radical (unpaired) electrons. The number of halogens is 1. The SMILES string of the molecule is CN(CC1CCCC1)c1nccc(C#N)c1Cl. The lowest BCUT2D eigenvalue weighted by Gasteiger charge is -2.23. The Morgan fingerprint density at radius 3 is 2.88 bits per heavy atom. The van der Waals surface area contributed by atoms with E-state index in [0.29, 0.717) is 10.6 Å². The van der Waals surface area contributed by atoms with Crippen LogP contribution in [0.5, 0.6) is 0 Å². The van der Waals surface area contributed by atoms with E-state index in [1.165, 1.54) is 25.7 Å². The largest absolute Gasteiger partial charge is 0.358 e. The number of hydrogen-bond acceptors (Lipinski definition) is 3. The maximum absolute atomic E-state index is 8.93. The van der Waals surface area contributed by atoms with Crippen molar-refractivity contribution in [3.8, 4) is 6.07 Å². The molecule has 90 valence electrons. The second-order valence-electron chi connectivity index (χ2n) is 4.64. The van der Waals surface area contributed by atoms with Crippen molar-refractivity contribution < 1.29 is 0 Å². The Bertz CT molecular complexity index is 433. The van der Waals surface area contributed by atoms with Crippen molar-refractivity contribution >= 4 is 17.4 Å². The van der Waals surface area contributed by atoms with Gasteiger partial charge in [0.2, 0.25) is 0 Å². The van der Waals surface area contributed by atoms with E-state index in [2.05, 4.69) is 16.0 Å². The van der Waals surface area contributed by atoms with Crippen LogP contribution in [0, 0.1) is 17.2 Å². The van der Waals surface area contributed by atoms with Gasteiger partial charge in [-0.2, -0.15) is 5.26 Å². The van der Waals surface area contributed by atoms with Crippen LogP contribution in [-0.4, -0.2) is 18.6 Å². The van der Waals surface area contributed by atoms with E-state index in [4.69, 9.17) is 16.9 Å². The van der Waals surface area contributed by atoms with Gasteiger partial charge in [-0.1, -0.05) is 24.4 Å². The first-order valence-corrected chi connectivity index (χ1v) is 6.36. The lowest BCUT2D eigenvalue weighted by atomic mass is 10.1. The van der Waals surface area contributed by atoms with E-state index < -0.39 is 0 Å². The molecule has 17 heavy (non-hydrogen) atoms. The lowest BCUT2D eigenvalue weighted by molar-refractivity contribution is 0.545. The van der Waals surface area contributed by atoms with E-state index in [9.17, 15) is 0 Å². The zero-order chi connectivity index (χ0) is 12.3. The summed E-state index contributed by atoms with van der Waals surface area (Å²) >= 11 is 6.16. The summed E-state index contributed by atoms with van der Waals surface area (Å²) < 4.78 is 0. The number of nitriles is 1. The molecule has 4 heteroatoms. The standard InChI is InChI=1S/C13H16ClN3/c1-17(9-10-4-2-3-5-10)13-12(14)11(8-15)6-7-16-13/h6-7,10H,2-5,9H2,1H3. The highest BCUT2D eigenvalue weighted by molar-refractivity contribution is 6.34. The van der Waals surface area contributed by atoms with Gasteiger partial charge < -0.3 is 4.90 Å². The fourth-order valence-electron chi connectivity index (χ4n) is 2.45. The first kappa shape index (κ1) is 12.2. The van der Waals surface area contributed by atoms with Gasteiger partial charge >= 0.3 is 0 Å². The van der Waals surface area contributed by atoms with Crippen molar-refractivity contribution in [1.29, 1.82) is 5.26 Å². The third kappa shape index (κ3) is 2.70. The zero-order valence-electron chi connectivity index (χ0n) is 9.99. The molecule has 2 rings (SSSR count). The summed E-state index contributed by atoms with van der Waals surface area (Å²) in [6, 6.07) is 3.73. The molecule has 0 bridgehead atoms. The minimum Gasteiger partial charge on any atom is -0.358 e. The maximum atomic E-state index is 8.93. The predicted octanol–water partition coefficient (Wildman–Crippen LogP) is 3.23. The number of pyridine rings is 1. The van der Waals surface area contributed by atoms with Crippen molar-refractivity contribution in [2.45, 2.75) is 25.7 Å². The van der Waals surface area contributed by atoms with Crippen LogP contribution in [0.25, 0.3) is 0 Å². The molecular weight excluding hydrogens is 234 g/mol. The summed E-state index contributed by atoms with van der Waals surface area (Å²) in [6.07, 6.45) is 6.89. The Labute approximate surface area is 107 Å². The summed E-state index contributed by atoms with van der Waals surface area (Å²) in [5, 5.41) is 9.40. The fourth-order valence-corrected chi connectivity index (χ4v) is 2.75. The van der Waals surface area contributed by atoms with Crippen LogP contribution < -0.4 is 4.90 Å². The Morgan fingerprint density at radius 1 is 1.53 bits per heavy atom. The van der Waals surface area contributed by atoms with Crippen LogP contribution in [0.2, 0.25) is 5.02 Å². The molecule has 1 heterocycles. The second kappa shape index (κ2) is 5.37. The van der Waals surface area contributed by atoms with Gasteiger partial charge in [-0.3, -0.25) is 0 Å². The van der Waals surface area contributed by atoms with Crippen molar-refractivity contribution in [1.82, 2.24) is 4.98 Å². The highest BCUT2D eigenvalue weighted by Gasteiger charge is 2.19. The maximum Gasteiger partial charge on any atom is 0.148 e. The summed E-state index contributed by atoms with van der Waals surface area (Å²) in [4.78, 5) is 6.34. The molecule has 1 fully saturated rings. The first-order chi connectivity index (χ1) is 8.22. The number of hydrogen-bond donors (Lipinski definition) is 0. The minimum atomic E-state index is 0.468. The first-order valence-electron chi connectivity index (χ1n) is 5.98. The third-order valence-electron chi connectivity index (χ3n) is 3.36. The van der Waals surface area contributed by atoms with Crippen LogP contribution in [0.1, 0.15) is 31.2 Å². The summed E-state index contributed by atoms with van der Waals surface area (Å²) in [7, 11) is 1.99. The third-order valence-corrected chi connectivity index (χ3v) is 3.73. The van der Waals surface area contributed by atoms with Crippen LogP contribution in [0.4, 0.5) is 5.82 Å². The van der Waals surface area contributed by atoms with E-state index in [1.807, 2.05) is 7.05 Å². The molecule has 0 aliphatic heterocycles. The van der Waals surface area contributed by atoms with Crippen LogP contribution >= 0.6 is 11.6 Å². The molecule has 0 atom stereocenters. The molecule has 1 aliphatic rings. The van der Waals surface area contributed by atoms with Gasteiger partial charge in [-0.25, -0.2) is 4.98 Å². The number of rotatable bonds is 3. The minimum absolute atomic E-state index is 0.468. The van der Waals surface area contributed by atoms with Gasteiger partial charge in [-0.15, -0.1) is 0 Å². The van der Waals surface area contributed by atoms with Gasteiger partial charge in [0.05, 0.1) is 5.56 Å². The van der Waals surface area contributed by atoms with Gasteiger partial charge in [0.15, 0.2) is 0 Å². The van der Waals surface area contributed by atoms with Gasteiger partial charge in [0.1, 0.15) is 16.9 Å². The van der Waals surface area contributed by atoms with Gasteiger partial charge in [0, 0.05) is 19.8 Å². The Kier molecular flexibility index (Phi) is 3.86. The molecule has 1 aliphatic carbocycles. The average molecular weight is 250 g/mol. The number of nitrogens with zero attached hydrogens (tertiary/aromatic N) is 3. The number of aromatic nitrogens is 1. The van der Waals surface area contributed by atoms with Crippen molar-refractivity contribution in [2.24, 2.45) is 5.92 Å². The lowest BCUT2D eigenvalue weighted by Crippen LogP contribution is -2.25.